The number of hydrogen-bond donors (Lipinski definition) is 1. The molecule has 0 radical (unpaired) electrons. The van der Waals surface area contributed by atoms with Crippen LogP contribution >= 0.6 is 23.2 Å². The molecule has 1 aromatic carbocycles. The van der Waals surface area contributed by atoms with Crippen molar-refractivity contribution in [3.05, 3.63) is 46.1 Å². The molecule has 0 amide bonds. The summed E-state index contributed by atoms with van der Waals surface area (Å²) in [7, 11) is 0. The minimum absolute atomic E-state index is 0.240. The largest absolute Gasteiger partial charge is 0.458 e. The van der Waals surface area contributed by atoms with Crippen molar-refractivity contribution in [2.45, 2.75) is 6.61 Å². The Bertz CT molecular complexity index is 627. The van der Waals surface area contributed by atoms with Crippen LogP contribution in [0.15, 0.2) is 30.5 Å². The lowest BCUT2D eigenvalue weighted by Crippen LogP contribution is -2.43. The standard InChI is InChI=1S/C15H16Cl2N4O/c16-12-2-1-3-13(17)11(12)10-22-15-19-5-4-14(20-15)21-8-6-18-7-9-21/h1-5,18H,6-10H2. The van der Waals surface area contributed by atoms with Crippen LogP contribution in [0.4, 0.5) is 5.82 Å². The Hall–Kier alpha value is -1.56. The average Bonchev–Trinajstić information content (AvgIpc) is 2.55. The molecule has 0 aliphatic carbocycles. The first-order valence-electron chi connectivity index (χ1n) is 7.08. The fourth-order valence-electron chi connectivity index (χ4n) is 2.28. The molecule has 7 heteroatoms. The molecule has 1 fully saturated rings. The molecule has 0 bridgehead atoms. The number of nitrogens with zero attached hydrogens (tertiary/aromatic N) is 3. The average molecular weight is 339 g/mol. The highest BCUT2D eigenvalue weighted by molar-refractivity contribution is 6.35. The van der Waals surface area contributed by atoms with E-state index >= 15 is 0 Å². The molecule has 0 saturated carbocycles. The highest BCUT2D eigenvalue weighted by atomic mass is 35.5. The van der Waals surface area contributed by atoms with Crippen LogP contribution in [0, 0.1) is 0 Å². The van der Waals surface area contributed by atoms with Crippen molar-refractivity contribution >= 4 is 29.0 Å². The van der Waals surface area contributed by atoms with Crippen LogP contribution in [0.25, 0.3) is 0 Å². The second-order valence-electron chi connectivity index (χ2n) is 4.92. The van der Waals surface area contributed by atoms with Gasteiger partial charge >= 0.3 is 6.01 Å². The van der Waals surface area contributed by atoms with Crippen LogP contribution in [-0.4, -0.2) is 36.1 Å². The molecule has 2 aromatic rings. The van der Waals surface area contributed by atoms with Crippen LogP contribution in [0.3, 0.4) is 0 Å². The van der Waals surface area contributed by atoms with Crippen LogP contribution in [0.5, 0.6) is 6.01 Å². The van der Waals surface area contributed by atoms with Crippen molar-refractivity contribution in [1.29, 1.82) is 0 Å². The third-order valence-corrected chi connectivity index (χ3v) is 4.18. The number of ether oxygens (including phenoxy) is 1. The van der Waals surface area contributed by atoms with Gasteiger partial charge in [-0.1, -0.05) is 29.3 Å². The molecule has 1 saturated heterocycles. The SMILES string of the molecule is Clc1cccc(Cl)c1COc1nccc(N2CCNCC2)n1. The van der Waals surface area contributed by atoms with Crippen molar-refractivity contribution in [3.8, 4) is 6.01 Å². The Morgan fingerprint density at radius 1 is 1.14 bits per heavy atom. The van der Waals surface area contributed by atoms with E-state index in [2.05, 4.69) is 20.2 Å². The lowest BCUT2D eigenvalue weighted by atomic mass is 10.2. The minimum atomic E-state index is 0.240. The van der Waals surface area contributed by atoms with Gasteiger partial charge in [0.2, 0.25) is 0 Å². The summed E-state index contributed by atoms with van der Waals surface area (Å²) in [6, 6.07) is 7.58. The summed E-state index contributed by atoms with van der Waals surface area (Å²) in [6.45, 7) is 3.99. The highest BCUT2D eigenvalue weighted by Crippen LogP contribution is 2.25. The Kier molecular flexibility index (Phi) is 4.97. The van der Waals surface area contributed by atoms with Gasteiger partial charge in [-0.05, 0) is 18.2 Å². The molecule has 22 heavy (non-hydrogen) atoms. The van der Waals surface area contributed by atoms with Crippen molar-refractivity contribution in [3.63, 3.8) is 0 Å². The van der Waals surface area contributed by atoms with Gasteiger partial charge in [0.25, 0.3) is 0 Å². The van der Waals surface area contributed by atoms with E-state index in [-0.39, 0.29) is 6.61 Å². The summed E-state index contributed by atoms with van der Waals surface area (Å²) < 4.78 is 5.65. The Balaban J connectivity index is 1.70. The zero-order valence-electron chi connectivity index (χ0n) is 11.9. The van der Waals surface area contributed by atoms with Crippen molar-refractivity contribution in [1.82, 2.24) is 15.3 Å². The predicted octanol–water partition coefficient (Wildman–Crippen LogP) is 2.77. The van der Waals surface area contributed by atoms with Gasteiger partial charge in [-0.3, -0.25) is 0 Å². The Labute approximate surface area is 139 Å². The van der Waals surface area contributed by atoms with Gasteiger partial charge in [-0.2, -0.15) is 4.98 Å². The van der Waals surface area contributed by atoms with E-state index in [0.29, 0.717) is 16.1 Å². The topological polar surface area (TPSA) is 50.3 Å². The van der Waals surface area contributed by atoms with Crippen LogP contribution in [0.2, 0.25) is 10.0 Å². The molecule has 2 heterocycles. The number of anilines is 1. The first-order chi connectivity index (χ1) is 10.7. The minimum Gasteiger partial charge on any atom is -0.458 e. The normalized spacial score (nSPS) is 14.9. The summed E-state index contributed by atoms with van der Waals surface area (Å²) in [5, 5.41) is 4.46. The van der Waals surface area contributed by atoms with Crippen LogP contribution < -0.4 is 15.0 Å². The molecule has 0 spiro atoms. The summed E-state index contributed by atoms with van der Waals surface area (Å²) in [4.78, 5) is 10.8. The third kappa shape index (κ3) is 3.61. The van der Waals surface area contributed by atoms with Crippen molar-refractivity contribution in [2.24, 2.45) is 0 Å². The maximum absolute atomic E-state index is 6.13. The number of halogens is 2. The van der Waals surface area contributed by atoms with Gasteiger partial charge in [0.15, 0.2) is 0 Å². The van der Waals surface area contributed by atoms with E-state index < -0.39 is 0 Å². The number of benzene rings is 1. The number of aromatic nitrogens is 2. The molecule has 3 rings (SSSR count). The van der Waals surface area contributed by atoms with E-state index in [0.717, 1.165) is 37.6 Å². The number of hydrogen-bond acceptors (Lipinski definition) is 5. The summed E-state index contributed by atoms with van der Waals surface area (Å²) in [6.07, 6.45) is 1.70. The van der Waals surface area contributed by atoms with E-state index in [4.69, 9.17) is 27.9 Å². The quantitative estimate of drug-likeness (QED) is 0.928. The Morgan fingerprint density at radius 3 is 2.59 bits per heavy atom. The molecule has 1 aliphatic heterocycles. The first kappa shape index (κ1) is 15.3. The number of nitrogens with one attached hydrogen (secondary N) is 1. The zero-order valence-corrected chi connectivity index (χ0v) is 13.4. The van der Waals surface area contributed by atoms with Gasteiger partial charge in [0.05, 0.1) is 0 Å². The summed E-state index contributed by atoms with van der Waals surface area (Å²) in [5.41, 5.74) is 0.738. The maximum atomic E-state index is 6.13. The molecule has 116 valence electrons. The van der Waals surface area contributed by atoms with Crippen molar-refractivity contribution in [2.75, 3.05) is 31.1 Å². The molecule has 5 nitrogen and oxygen atoms in total. The van der Waals surface area contributed by atoms with Gasteiger partial charge in [0, 0.05) is 48.0 Å². The predicted molar refractivity (Wildman–Crippen MR) is 87.9 cm³/mol. The smallest absolute Gasteiger partial charge is 0.318 e. The molecule has 1 N–H and O–H groups in total. The van der Waals surface area contributed by atoms with E-state index in [1.807, 2.05) is 6.07 Å². The fourth-order valence-corrected chi connectivity index (χ4v) is 2.78. The third-order valence-electron chi connectivity index (χ3n) is 3.47. The van der Waals surface area contributed by atoms with Gasteiger partial charge in [-0.25, -0.2) is 4.98 Å². The van der Waals surface area contributed by atoms with E-state index in [1.165, 1.54) is 0 Å². The summed E-state index contributed by atoms with van der Waals surface area (Å²) in [5.74, 6) is 0.872. The number of rotatable bonds is 4. The van der Waals surface area contributed by atoms with Crippen LogP contribution in [0.1, 0.15) is 5.56 Å². The molecule has 1 aromatic heterocycles. The van der Waals surface area contributed by atoms with Crippen molar-refractivity contribution < 1.29 is 4.74 Å². The monoisotopic (exact) mass is 338 g/mol. The molecule has 0 atom stereocenters. The lowest BCUT2D eigenvalue weighted by molar-refractivity contribution is 0.281. The van der Waals surface area contributed by atoms with E-state index in [9.17, 15) is 0 Å². The maximum Gasteiger partial charge on any atom is 0.318 e. The molecular formula is C15H16Cl2N4O. The second kappa shape index (κ2) is 7.13. The van der Waals surface area contributed by atoms with Gasteiger partial charge in [-0.15, -0.1) is 0 Å². The van der Waals surface area contributed by atoms with Crippen LogP contribution in [-0.2, 0) is 6.61 Å². The fraction of sp³-hybridized carbons (Fsp3) is 0.333. The first-order valence-corrected chi connectivity index (χ1v) is 7.84. The number of piperazine rings is 1. The summed E-state index contributed by atoms with van der Waals surface area (Å²) >= 11 is 12.3. The Morgan fingerprint density at radius 2 is 1.86 bits per heavy atom. The van der Waals surface area contributed by atoms with Gasteiger partial charge in [0.1, 0.15) is 12.4 Å². The molecule has 0 unspecified atom stereocenters. The van der Waals surface area contributed by atoms with E-state index in [1.54, 1.807) is 24.4 Å². The zero-order chi connectivity index (χ0) is 15.4. The molecular weight excluding hydrogens is 323 g/mol. The lowest BCUT2D eigenvalue weighted by Gasteiger charge is -2.28. The van der Waals surface area contributed by atoms with Gasteiger partial charge < -0.3 is 15.0 Å². The second-order valence-corrected chi connectivity index (χ2v) is 5.74. The molecule has 1 aliphatic rings. The highest BCUT2D eigenvalue weighted by Gasteiger charge is 2.13.